The fourth-order valence-corrected chi connectivity index (χ4v) is 6.10. The minimum Gasteiger partial charge on any atom is -0.493 e. The van der Waals surface area contributed by atoms with Gasteiger partial charge in [0.15, 0.2) is 0 Å². The van der Waals surface area contributed by atoms with Gasteiger partial charge in [-0.1, -0.05) is 93.6 Å². The van der Waals surface area contributed by atoms with Gasteiger partial charge in [0.1, 0.15) is 23.0 Å². The minimum absolute atomic E-state index is 0.677. The molecular formula is C46H54BrNO4. The molecule has 0 aliphatic rings. The maximum Gasteiger partial charge on any atom is 0.130 e. The number of benzene rings is 5. The normalized spacial score (nSPS) is 10.9. The zero-order valence-electron chi connectivity index (χ0n) is 31.3. The number of hydrogen-bond acceptors (Lipinski definition) is 5. The smallest absolute Gasteiger partial charge is 0.130 e. The van der Waals surface area contributed by atoms with E-state index in [1.165, 1.54) is 0 Å². The molecular weight excluding hydrogens is 710 g/mol. The molecule has 274 valence electrons. The standard InChI is InChI=1S/C46H54BrNO4/c1-5-9-29-49-41-25-27-43(45(33-41)51-31-11-7-3)35-13-19-38(20-14-35)48(40-23-17-37(47)18-24-40)39-21-15-36(16-22-39)44-28-26-42(50-30-10-6-2)34-46(44)52-32-12-8-4/h13-28,33-34H,5-12,29-32H2,1-4H3. The fourth-order valence-electron chi connectivity index (χ4n) is 5.84. The van der Waals surface area contributed by atoms with Crippen molar-refractivity contribution >= 4 is 33.0 Å². The van der Waals surface area contributed by atoms with Gasteiger partial charge in [0.05, 0.1) is 26.4 Å². The van der Waals surface area contributed by atoms with Gasteiger partial charge >= 0.3 is 0 Å². The Balaban J connectivity index is 1.45. The summed E-state index contributed by atoms with van der Waals surface area (Å²) in [5.41, 5.74) is 7.50. The van der Waals surface area contributed by atoms with Crippen LogP contribution in [0.5, 0.6) is 23.0 Å². The van der Waals surface area contributed by atoms with Crippen LogP contribution >= 0.6 is 15.9 Å². The van der Waals surface area contributed by atoms with Crippen LogP contribution in [-0.2, 0) is 0 Å². The van der Waals surface area contributed by atoms with Gasteiger partial charge in [-0.3, -0.25) is 0 Å². The van der Waals surface area contributed by atoms with Crippen LogP contribution in [0.15, 0.2) is 114 Å². The third kappa shape index (κ3) is 10.8. The minimum atomic E-state index is 0.677. The largest absolute Gasteiger partial charge is 0.493 e. The number of hydrogen-bond donors (Lipinski definition) is 0. The van der Waals surface area contributed by atoms with Gasteiger partial charge < -0.3 is 23.8 Å². The summed E-state index contributed by atoms with van der Waals surface area (Å²) in [5.74, 6) is 3.41. The van der Waals surface area contributed by atoms with E-state index >= 15 is 0 Å². The first-order valence-electron chi connectivity index (χ1n) is 19.1. The number of ether oxygens (including phenoxy) is 4. The van der Waals surface area contributed by atoms with Gasteiger partial charge in [0.25, 0.3) is 0 Å². The lowest BCUT2D eigenvalue weighted by atomic mass is 10.0. The number of rotatable bonds is 21. The fraction of sp³-hybridized carbons (Fsp3) is 0.348. The maximum atomic E-state index is 6.31. The third-order valence-electron chi connectivity index (χ3n) is 8.91. The molecule has 0 atom stereocenters. The van der Waals surface area contributed by atoms with Crippen molar-refractivity contribution in [1.82, 2.24) is 0 Å². The summed E-state index contributed by atoms with van der Waals surface area (Å²) in [7, 11) is 0. The maximum absolute atomic E-state index is 6.31. The number of unbranched alkanes of at least 4 members (excludes halogenated alkanes) is 4. The van der Waals surface area contributed by atoms with E-state index in [1.807, 2.05) is 12.1 Å². The zero-order chi connectivity index (χ0) is 36.5. The van der Waals surface area contributed by atoms with Crippen molar-refractivity contribution in [1.29, 1.82) is 0 Å². The lowest BCUT2D eigenvalue weighted by Crippen LogP contribution is -2.09. The molecule has 5 aromatic carbocycles. The van der Waals surface area contributed by atoms with Gasteiger partial charge in [0.2, 0.25) is 0 Å². The number of halogens is 1. The summed E-state index contributed by atoms with van der Waals surface area (Å²) in [6.07, 6.45) is 8.44. The quantitative estimate of drug-likeness (QED) is 0.0696. The van der Waals surface area contributed by atoms with Gasteiger partial charge in [-0.25, -0.2) is 0 Å². The Kier molecular flexibility index (Phi) is 15.4. The Hall–Kier alpha value is -4.42. The Bertz CT molecular complexity index is 1680. The lowest BCUT2D eigenvalue weighted by Gasteiger charge is -2.26. The molecule has 5 nitrogen and oxygen atoms in total. The monoisotopic (exact) mass is 763 g/mol. The van der Waals surface area contributed by atoms with E-state index < -0.39 is 0 Å². The van der Waals surface area contributed by atoms with E-state index in [9.17, 15) is 0 Å². The number of nitrogens with zero attached hydrogens (tertiary/aromatic N) is 1. The molecule has 0 N–H and O–H groups in total. The van der Waals surface area contributed by atoms with Crippen LogP contribution in [0.4, 0.5) is 17.1 Å². The van der Waals surface area contributed by atoms with Gasteiger partial charge in [-0.2, -0.15) is 0 Å². The molecule has 0 aliphatic heterocycles. The predicted molar refractivity (Wildman–Crippen MR) is 221 cm³/mol. The van der Waals surface area contributed by atoms with Crippen LogP contribution in [0, 0.1) is 0 Å². The third-order valence-corrected chi connectivity index (χ3v) is 9.44. The first-order valence-corrected chi connectivity index (χ1v) is 19.9. The Morgan fingerprint density at radius 2 is 0.769 bits per heavy atom. The first kappa shape index (κ1) is 38.8. The highest BCUT2D eigenvalue weighted by Crippen LogP contribution is 2.40. The van der Waals surface area contributed by atoms with Crippen LogP contribution in [-0.4, -0.2) is 26.4 Å². The van der Waals surface area contributed by atoms with Crippen molar-refractivity contribution in [2.24, 2.45) is 0 Å². The van der Waals surface area contributed by atoms with Crippen molar-refractivity contribution < 1.29 is 18.9 Å². The van der Waals surface area contributed by atoms with E-state index in [0.717, 1.165) is 118 Å². The van der Waals surface area contributed by atoms with E-state index in [0.29, 0.717) is 26.4 Å². The SMILES string of the molecule is CCCCOc1ccc(-c2ccc(N(c3ccc(Br)cc3)c3ccc(-c4ccc(OCCCC)cc4OCCCC)cc3)cc2)c(OCCCC)c1. The molecule has 5 rings (SSSR count). The molecule has 0 heterocycles. The lowest BCUT2D eigenvalue weighted by molar-refractivity contribution is 0.294. The summed E-state index contributed by atoms with van der Waals surface area (Å²) in [5, 5.41) is 0. The molecule has 0 saturated heterocycles. The molecule has 0 aromatic heterocycles. The average Bonchev–Trinajstić information content (AvgIpc) is 3.17. The van der Waals surface area contributed by atoms with E-state index in [1.54, 1.807) is 0 Å². The molecule has 0 bridgehead atoms. The van der Waals surface area contributed by atoms with Crippen molar-refractivity contribution in [2.45, 2.75) is 79.1 Å². The van der Waals surface area contributed by atoms with Gasteiger partial charge in [-0.05, 0) is 110 Å². The van der Waals surface area contributed by atoms with Crippen LogP contribution in [0.25, 0.3) is 22.3 Å². The highest BCUT2D eigenvalue weighted by Gasteiger charge is 2.16. The molecule has 6 heteroatoms. The molecule has 5 aromatic rings. The van der Waals surface area contributed by atoms with Crippen LogP contribution in [0.1, 0.15) is 79.1 Å². The summed E-state index contributed by atoms with van der Waals surface area (Å²) < 4.78 is 25.7. The zero-order valence-corrected chi connectivity index (χ0v) is 32.9. The Labute approximate surface area is 320 Å². The van der Waals surface area contributed by atoms with Crippen molar-refractivity contribution in [2.75, 3.05) is 31.3 Å². The summed E-state index contributed by atoms with van der Waals surface area (Å²) in [6, 6.07) is 38.3. The summed E-state index contributed by atoms with van der Waals surface area (Å²) >= 11 is 3.62. The van der Waals surface area contributed by atoms with E-state index in [-0.39, 0.29) is 0 Å². The predicted octanol–water partition coefficient (Wildman–Crippen LogP) is 14.0. The molecule has 0 unspecified atom stereocenters. The second-order valence-electron chi connectivity index (χ2n) is 13.0. The molecule has 52 heavy (non-hydrogen) atoms. The van der Waals surface area contributed by atoms with Crippen LogP contribution in [0.2, 0.25) is 0 Å². The molecule has 0 spiro atoms. The summed E-state index contributed by atoms with van der Waals surface area (Å²) in [6.45, 7) is 11.5. The van der Waals surface area contributed by atoms with Crippen LogP contribution < -0.4 is 23.8 Å². The highest BCUT2D eigenvalue weighted by atomic mass is 79.9. The topological polar surface area (TPSA) is 40.2 Å². The molecule has 0 aliphatic carbocycles. The van der Waals surface area contributed by atoms with Crippen LogP contribution in [0.3, 0.4) is 0 Å². The van der Waals surface area contributed by atoms with Gasteiger partial charge in [0, 0.05) is 44.8 Å². The summed E-state index contributed by atoms with van der Waals surface area (Å²) in [4.78, 5) is 2.28. The molecule has 0 radical (unpaired) electrons. The van der Waals surface area contributed by atoms with Crippen molar-refractivity contribution in [3.63, 3.8) is 0 Å². The molecule has 0 amide bonds. The highest BCUT2D eigenvalue weighted by molar-refractivity contribution is 9.10. The Morgan fingerprint density at radius 1 is 0.423 bits per heavy atom. The second kappa shape index (κ2) is 20.6. The Morgan fingerprint density at radius 3 is 1.13 bits per heavy atom. The molecule has 0 saturated carbocycles. The van der Waals surface area contributed by atoms with E-state index in [4.69, 9.17) is 18.9 Å². The van der Waals surface area contributed by atoms with Crippen molar-refractivity contribution in [3.8, 4) is 45.3 Å². The average molecular weight is 765 g/mol. The van der Waals surface area contributed by atoms with E-state index in [2.05, 4.69) is 146 Å². The number of anilines is 3. The second-order valence-corrected chi connectivity index (χ2v) is 13.9. The molecule has 0 fully saturated rings. The van der Waals surface area contributed by atoms with Gasteiger partial charge in [-0.15, -0.1) is 0 Å². The first-order chi connectivity index (χ1) is 25.5. The van der Waals surface area contributed by atoms with Crippen molar-refractivity contribution in [3.05, 3.63) is 114 Å².